The van der Waals surface area contributed by atoms with Crippen LogP contribution in [0.3, 0.4) is 0 Å². The van der Waals surface area contributed by atoms with Gasteiger partial charge in [0.25, 0.3) is 0 Å². The molecule has 0 saturated carbocycles. The van der Waals surface area contributed by atoms with Crippen LogP contribution >= 0.6 is 15.9 Å². The molecule has 4 heteroatoms. The van der Waals surface area contributed by atoms with Crippen LogP contribution in [0.4, 0.5) is 4.39 Å². The third kappa shape index (κ3) is 4.37. The van der Waals surface area contributed by atoms with Crippen molar-refractivity contribution in [2.75, 3.05) is 7.11 Å². The molecule has 1 rings (SSSR count). The van der Waals surface area contributed by atoms with Crippen LogP contribution in [0.25, 0.3) is 0 Å². The fourth-order valence-corrected chi connectivity index (χ4v) is 2.13. The zero-order valence-corrected chi connectivity index (χ0v) is 11.9. The second-order valence-corrected chi connectivity index (χ2v) is 5.54. The summed E-state index contributed by atoms with van der Waals surface area (Å²) in [7, 11) is 1.65. The number of aliphatic hydroxyl groups is 1. The molecular formula is C13H18BrFO2. The van der Waals surface area contributed by atoms with Gasteiger partial charge >= 0.3 is 0 Å². The minimum atomic E-state index is -0.612. The summed E-state index contributed by atoms with van der Waals surface area (Å²) < 4.78 is 18.8. The van der Waals surface area contributed by atoms with Crippen LogP contribution in [-0.4, -0.2) is 17.8 Å². The van der Waals surface area contributed by atoms with E-state index >= 15 is 0 Å². The van der Waals surface area contributed by atoms with Crippen LogP contribution in [0.2, 0.25) is 0 Å². The minimum Gasteiger partial charge on any atom is -0.388 e. The van der Waals surface area contributed by atoms with E-state index in [0.29, 0.717) is 16.5 Å². The fourth-order valence-electron chi connectivity index (χ4n) is 1.51. The summed E-state index contributed by atoms with van der Waals surface area (Å²) >= 11 is 3.25. The second kappa shape index (κ2) is 5.94. The standard InChI is InChI=1S/C13H18BrFO2/c1-13(2,17-3)7-6-12(16)10-5-4-9(15)8-11(10)14/h4-5,8,12,16H,6-7H2,1-3H3. The highest BCUT2D eigenvalue weighted by atomic mass is 79.9. The molecule has 0 aliphatic carbocycles. The van der Waals surface area contributed by atoms with Crippen LogP contribution < -0.4 is 0 Å². The Morgan fingerprint density at radius 2 is 2.12 bits per heavy atom. The van der Waals surface area contributed by atoms with E-state index in [0.717, 1.165) is 6.42 Å². The topological polar surface area (TPSA) is 29.5 Å². The molecule has 1 aromatic rings. The first kappa shape index (κ1) is 14.6. The number of hydrogen-bond donors (Lipinski definition) is 1. The number of ether oxygens (including phenoxy) is 1. The quantitative estimate of drug-likeness (QED) is 0.896. The van der Waals surface area contributed by atoms with Crippen molar-refractivity contribution in [3.8, 4) is 0 Å². The van der Waals surface area contributed by atoms with E-state index in [-0.39, 0.29) is 11.4 Å². The lowest BCUT2D eigenvalue weighted by atomic mass is 9.97. The van der Waals surface area contributed by atoms with Gasteiger partial charge in [-0.1, -0.05) is 22.0 Å². The lowest BCUT2D eigenvalue weighted by Crippen LogP contribution is -2.23. The lowest BCUT2D eigenvalue weighted by molar-refractivity contribution is 0.00272. The number of benzene rings is 1. The summed E-state index contributed by atoms with van der Waals surface area (Å²) in [6.07, 6.45) is 0.693. The van der Waals surface area contributed by atoms with Gasteiger partial charge in [0.1, 0.15) is 5.82 Å². The highest BCUT2D eigenvalue weighted by Crippen LogP contribution is 2.29. The van der Waals surface area contributed by atoms with Crippen LogP contribution in [0.1, 0.15) is 38.4 Å². The van der Waals surface area contributed by atoms with Gasteiger partial charge in [0.15, 0.2) is 0 Å². The van der Waals surface area contributed by atoms with Gasteiger partial charge in [0.05, 0.1) is 11.7 Å². The van der Waals surface area contributed by atoms with E-state index in [1.165, 1.54) is 12.1 Å². The number of hydrogen-bond acceptors (Lipinski definition) is 2. The molecule has 0 saturated heterocycles. The van der Waals surface area contributed by atoms with E-state index in [2.05, 4.69) is 15.9 Å². The fraction of sp³-hybridized carbons (Fsp3) is 0.538. The summed E-state index contributed by atoms with van der Waals surface area (Å²) in [5.74, 6) is -0.315. The van der Waals surface area contributed by atoms with Gasteiger partial charge in [-0.15, -0.1) is 0 Å². The third-order valence-electron chi connectivity index (χ3n) is 2.89. The van der Waals surface area contributed by atoms with Gasteiger partial charge in [0.2, 0.25) is 0 Å². The first-order chi connectivity index (χ1) is 7.85. The summed E-state index contributed by atoms with van der Waals surface area (Å²) in [6.45, 7) is 3.94. The van der Waals surface area contributed by atoms with Crippen molar-refractivity contribution in [2.24, 2.45) is 0 Å². The van der Waals surface area contributed by atoms with Crippen molar-refractivity contribution in [3.63, 3.8) is 0 Å². The van der Waals surface area contributed by atoms with Crippen LogP contribution in [0.15, 0.2) is 22.7 Å². The van der Waals surface area contributed by atoms with Crippen LogP contribution in [0.5, 0.6) is 0 Å². The Hall–Kier alpha value is -0.450. The van der Waals surface area contributed by atoms with E-state index in [1.54, 1.807) is 13.2 Å². The molecule has 0 spiro atoms. The molecule has 1 atom stereocenters. The van der Waals surface area contributed by atoms with E-state index < -0.39 is 6.10 Å². The maximum Gasteiger partial charge on any atom is 0.124 e. The number of rotatable bonds is 5. The molecule has 2 nitrogen and oxygen atoms in total. The SMILES string of the molecule is COC(C)(C)CCC(O)c1ccc(F)cc1Br. The van der Waals surface area contributed by atoms with Crippen molar-refractivity contribution in [2.45, 2.75) is 38.4 Å². The lowest BCUT2D eigenvalue weighted by Gasteiger charge is -2.24. The molecule has 17 heavy (non-hydrogen) atoms. The Morgan fingerprint density at radius 3 is 2.65 bits per heavy atom. The smallest absolute Gasteiger partial charge is 0.124 e. The molecule has 0 heterocycles. The predicted octanol–water partition coefficient (Wildman–Crippen LogP) is 3.83. The summed E-state index contributed by atoms with van der Waals surface area (Å²) in [5, 5.41) is 10.0. The van der Waals surface area contributed by atoms with Gasteiger partial charge in [-0.25, -0.2) is 4.39 Å². The average molecular weight is 305 g/mol. The normalized spacial score (nSPS) is 13.8. The Bertz CT molecular complexity index is 380. The zero-order valence-electron chi connectivity index (χ0n) is 10.3. The van der Waals surface area contributed by atoms with Gasteiger partial charge < -0.3 is 9.84 Å². The predicted molar refractivity (Wildman–Crippen MR) is 69.4 cm³/mol. The van der Waals surface area contributed by atoms with Crippen LogP contribution in [0, 0.1) is 5.82 Å². The van der Waals surface area contributed by atoms with E-state index in [1.807, 2.05) is 13.8 Å². The Kier molecular flexibility index (Phi) is 5.10. The molecule has 1 unspecified atom stereocenters. The first-order valence-corrected chi connectivity index (χ1v) is 6.33. The number of aliphatic hydroxyl groups excluding tert-OH is 1. The third-order valence-corrected chi connectivity index (χ3v) is 3.58. The highest BCUT2D eigenvalue weighted by molar-refractivity contribution is 9.10. The van der Waals surface area contributed by atoms with Crippen molar-refractivity contribution in [1.29, 1.82) is 0 Å². The van der Waals surface area contributed by atoms with Gasteiger partial charge in [0, 0.05) is 11.6 Å². The monoisotopic (exact) mass is 304 g/mol. The number of halogens is 2. The maximum absolute atomic E-state index is 12.9. The van der Waals surface area contributed by atoms with Crippen molar-refractivity contribution in [1.82, 2.24) is 0 Å². The highest BCUT2D eigenvalue weighted by Gasteiger charge is 2.20. The largest absolute Gasteiger partial charge is 0.388 e. The van der Waals surface area contributed by atoms with Crippen molar-refractivity contribution >= 4 is 15.9 Å². The van der Waals surface area contributed by atoms with E-state index in [9.17, 15) is 9.50 Å². The molecule has 1 N–H and O–H groups in total. The Labute approximate surface area is 110 Å². The molecule has 0 bridgehead atoms. The molecule has 1 aromatic carbocycles. The molecule has 0 fully saturated rings. The second-order valence-electron chi connectivity index (χ2n) is 4.68. The molecule has 0 aromatic heterocycles. The van der Waals surface area contributed by atoms with Gasteiger partial charge in [-0.2, -0.15) is 0 Å². The zero-order chi connectivity index (χ0) is 13.1. The van der Waals surface area contributed by atoms with Gasteiger partial charge in [-0.3, -0.25) is 0 Å². The van der Waals surface area contributed by atoms with Crippen molar-refractivity contribution < 1.29 is 14.2 Å². The maximum atomic E-state index is 12.9. The Morgan fingerprint density at radius 1 is 1.47 bits per heavy atom. The van der Waals surface area contributed by atoms with Crippen LogP contribution in [-0.2, 0) is 4.74 Å². The van der Waals surface area contributed by atoms with Gasteiger partial charge in [-0.05, 0) is 44.4 Å². The van der Waals surface area contributed by atoms with E-state index in [4.69, 9.17) is 4.74 Å². The molecule has 96 valence electrons. The first-order valence-electron chi connectivity index (χ1n) is 5.54. The molecule has 0 aliphatic heterocycles. The molecule has 0 aliphatic rings. The number of methoxy groups -OCH3 is 1. The molecular weight excluding hydrogens is 287 g/mol. The summed E-state index contributed by atoms with van der Waals surface area (Å²) in [6, 6.07) is 4.31. The Balaban J connectivity index is 2.67. The van der Waals surface area contributed by atoms with Crippen molar-refractivity contribution in [3.05, 3.63) is 34.1 Å². The minimum absolute atomic E-state index is 0.256. The summed E-state index contributed by atoms with van der Waals surface area (Å²) in [5.41, 5.74) is 0.450. The summed E-state index contributed by atoms with van der Waals surface area (Å²) in [4.78, 5) is 0. The molecule has 0 radical (unpaired) electrons. The average Bonchev–Trinajstić information content (AvgIpc) is 2.26. The molecule has 0 amide bonds.